The zero-order valence-corrected chi connectivity index (χ0v) is 14.4. The van der Waals surface area contributed by atoms with Gasteiger partial charge in [0, 0.05) is 32.1 Å². The molecule has 0 N–H and O–H groups in total. The number of halogens is 1. The topological polar surface area (TPSA) is 36.4 Å². The minimum atomic E-state index is 0.126. The van der Waals surface area contributed by atoms with E-state index in [0.29, 0.717) is 29.0 Å². The van der Waals surface area contributed by atoms with Crippen molar-refractivity contribution < 1.29 is 4.79 Å². The Labute approximate surface area is 133 Å². The van der Waals surface area contributed by atoms with Crippen LogP contribution in [0.3, 0.4) is 0 Å². The summed E-state index contributed by atoms with van der Waals surface area (Å²) < 4.78 is 0. The van der Waals surface area contributed by atoms with E-state index in [-0.39, 0.29) is 5.78 Å². The molecule has 118 valence electrons. The Morgan fingerprint density at radius 3 is 2.43 bits per heavy atom. The number of anilines is 1. The summed E-state index contributed by atoms with van der Waals surface area (Å²) in [5.41, 5.74) is 0.644. The predicted octanol–water partition coefficient (Wildman–Crippen LogP) is 3.49. The van der Waals surface area contributed by atoms with Crippen LogP contribution >= 0.6 is 11.6 Å². The van der Waals surface area contributed by atoms with E-state index in [1.54, 1.807) is 12.1 Å². The first-order valence-corrected chi connectivity index (χ1v) is 7.89. The largest absolute Gasteiger partial charge is 0.363 e. The average Bonchev–Trinajstić information content (AvgIpc) is 2.45. The summed E-state index contributed by atoms with van der Waals surface area (Å²) in [5.74, 6) is 0.837. The fourth-order valence-corrected chi connectivity index (χ4v) is 2.59. The first-order valence-electron chi connectivity index (χ1n) is 7.51. The molecule has 0 saturated heterocycles. The number of rotatable bonds is 8. The van der Waals surface area contributed by atoms with E-state index in [1.807, 2.05) is 19.0 Å². The molecular weight excluding hydrogens is 286 g/mol. The Morgan fingerprint density at radius 1 is 1.29 bits per heavy atom. The van der Waals surface area contributed by atoms with Crippen molar-refractivity contribution in [3.05, 3.63) is 22.8 Å². The molecule has 0 unspecified atom stereocenters. The van der Waals surface area contributed by atoms with Gasteiger partial charge in [0.25, 0.3) is 0 Å². The van der Waals surface area contributed by atoms with E-state index in [0.717, 1.165) is 19.5 Å². The van der Waals surface area contributed by atoms with E-state index in [4.69, 9.17) is 11.6 Å². The highest BCUT2D eigenvalue weighted by atomic mass is 35.5. The van der Waals surface area contributed by atoms with Gasteiger partial charge in [-0.05, 0) is 38.6 Å². The van der Waals surface area contributed by atoms with Crippen LogP contribution in [0.5, 0.6) is 0 Å². The highest BCUT2D eigenvalue weighted by Crippen LogP contribution is 2.19. The Bertz CT molecular complexity index is 473. The first kappa shape index (κ1) is 17.9. The molecule has 1 heterocycles. The number of carbonyl (C=O) groups is 1. The van der Waals surface area contributed by atoms with Crippen LogP contribution < -0.4 is 4.90 Å². The summed E-state index contributed by atoms with van der Waals surface area (Å²) in [6, 6.07) is 3.87. The summed E-state index contributed by atoms with van der Waals surface area (Å²) in [6.45, 7) is 8.49. The second-order valence-corrected chi connectivity index (χ2v) is 5.85. The van der Waals surface area contributed by atoms with Crippen LogP contribution in [0.15, 0.2) is 12.1 Å². The van der Waals surface area contributed by atoms with E-state index in [2.05, 4.69) is 30.7 Å². The fourth-order valence-electron chi connectivity index (χ4n) is 2.39. The number of pyridine rings is 1. The van der Waals surface area contributed by atoms with E-state index in [1.165, 1.54) is 0 Å². The molecule has 0 fully saturated rings. The van der Waals surface area contributed by atoms with Gasteiger partial charge in [-0.1, -0.05) is 25.4 Å². The molecule has 0 bridgehead atoms. The van der Waals surface area contributed by atoms with Gasteiger partial charge in [-0.2, -0.15) is 0 Å². The van der Waals surface area contributed by atoms with E-state index in [9.17, 15) is 4.79 Å². The lowest BCUT2D eigenvalue weighted by molar-refractivity contribution is 0.0964. The van der Waals surface area contributed by atoms with E-state index < -0.39 is 0 Å². The van der Waals surface area contributed by atoms with Gasteiger partial charge in [-0.15, -0.1) is 0 Å². The zero-order valence-electron chi connectivity index (χ0n) is 13.7. The third kappa shape index (κ3) is 5.29. The molecule has 1 aromatic heterocycles. The van der Waals surface area contributed by atoms with Crippen LogP contribution in [0.4, 0.5) is 5.82 Å². The highest BCUT2D eigenvalue weighted by molar-refractivity contribution is 6.30. The minimum absolute atomic E-state index is 0.126. The number of hydrogen-bond acceptors (Lipinski definition) is 4. The van der Waals surface area contributed by atoms with Gasteiger partial charge in [-0.3, -0.25) is 4.79 Å². The van der Waals surface area contributed by atoms with Crippen molar-refractivity contribution >= 4 is 23.2 Å². The molecule has 1 rings (SSSR count). The number of Topliss-reactive ketones (excluding diaryl/α,β-unsaturated/α-hetero) is 1. The molecule has 0 amide bonds. The summed E-state index contributed by atoms with van der Waals surface area (Å²) in [6.07, 6.45) is 1.39. The smallest absolute Gasteiger partial charge is 0.163 e. The summed E-state index contributed by atoms with van der Waals surface area (Å²) >= 11 is 6.00. The van der Waals surface area contributed by atoms with Crippen molar-refractivity contribution in [2.24, 2.45) is 0 Å². The zero-order chi connectivity index (χ0) is 16.0. The van der Waals surface area contributed by atoms with Gasteiger partial charge < -0.3 is 9.80 Å². The van der Waals surface area contributed by atoms with Crippen molar-refractivity contribution in [3.8, 4) is 0 Å². The Morgan fingerprint density at radius 2 is 1.90 bits per heavy atom. The van der Waals surface area contributed by atoms with Gasteiger partial charge in [0.15, 0.2) is 5.78 Å². The molecule has 1 atom stereocenters. The van der Waals surface area contributed by atoms with Gasteiger partial charge in [0.1, 0.15) is 11.0 Å². The maximum absolute atomic E-state index is 12.4. The quantitative estimate of drug-likeness (QED) is 0.544. The molecule has 0 saturated carbocycles. The van der Waals surface area contributed by atoms with Crippen molar-refractivity contribution in [2.45, 2.75) is 39.7 Å². The molecule has 0 aliphatic rings. The van der Waals surface area contributed by atoms with Gasteiger partial charge in [0.2, 0.25) is 0 Å². The number of hydrogen-bond donors (Lipinski definition) is 0. The lowest BCUT2D eigenvalue weighted by atomic mass is 10.0. The maximum Gasteiger partial charge on any atom is 0.163 e. The predicted molar refractivity (Wildman–Crippen MR) is 89.5 cm³/mol. The molecular formula is C16H26ClN3O. The van der Waals surface area contributed by atoms with Crippen molar-refractivity contribution in [1.29, 1.82) is 0 Å². The molecule has 21 heavy (non-hydrogen) atoms. The maximum atomic E-state index is 12.4. The molecule has 0 radical (unpaired) electrons. The third-order valence-corrected chi connectivity index (χ3v) is 3.98. The second kappa shape index (κ2) is 8.35. The number of aromatic nitrogens is 1. The summed E-state index contributed by atoms with van der Waals surface area (Å²) in [4.78, 5) is 20.8. The molecule has 0 aromatic carbocycles. The van der Waals surface area contributed by atoms with Crippen molar-refractivity contribution in [2.75, 3.05) is 32.1 Å². The molecule has 4 nitrogen and oxygen atoms in total. The van der Waals surface area contributed by atoms with Crippen LogP contribution in [-0.4, -0.2) is 48.9 Å². The number of ketones is 1. The van der Waals surface area contributed by atoms with Crippen molar-refractivity contribution in [3.63, 3.8) is 0 Å². The SMILES string of the molecule is CCN(CC)[C@@H](C)CCC(=O)c1cc(Cl)nc(N(C)C)c1. The van der Waals surface area contributed by atoms with Crippen LogP contribution in [0.1, 0.15) is 44.0 Å². The van der Waals surface area contributed by atoms with Gasteiger partial charge >= 0.3 is 0 Å². The monoisotopic (exact) mass is 311 g/mol. The molecule has 0 aliphatic heterocycles. The lowest BCUT2D eigenvalue weighted by Gasteiger charge is -2.26. The highest BCUT2D eigenvalue weighted by Gasteiger charge is 2.15. The minimum Gasteiger partial charge on any atom is -0.363 e. The Balaban J connectivity index is 2.72. The fraction of sp³-hybridized carbons (Fsp3) is 0.625. The summed E-state index contributed by atoms with van der Waals surface area (Å²) in [5, 5.41) is 0.362. The van der Waals surface area contributed by atoms with Crippen LogP contribution in [0.2, 0.25) is 5.15 Å². The lowest BCUT2D eigenvalue weighted by Crippen LogP contribution is -2.33. The number of nitrogens with zero attached hydrogens (tertiary/aromatic N) is 3. The normalized spacial score (nSPS) is 12.5. The Hall–Kier alpha value is -1.13. The van der Waals surface area contributed by atoms with Crippen LogP contribution in [-0.2, 0) is 0 Å². The Kier molecular flexibility index (Phi) is 7.12. The first-order chi connectivity index (χ1) is 9.88. The standard InChI is InChI=1S/C16H26ClN3O/c1-6-20(7-2)12(3)8-9-14(21)13-10-15(17)18-16(11-13)19(4)5/h10-12H,6-9H2,1-5H3/t12-/m0/s1. The second-order valence-electron chi connectivity index (χ2n) is 5.46. The summed E-state index contributed by atoms with van der Waals surface area (Å²) in [7, 11) is 3.77. The van der Waals surface area contributed by atoms with Gasteiger partial charge in [-0.25, -0.2) is 4.98 Å². The van der Waals surface area contributed by atoms with Crippen LogP contribution in [0, 0.1) is 0 Å². The molecule has 0 spiro atoms. The van der Waals surface area contributed by atoms with Crippen molar-refractivity contribution in [1.82, 2.24) is 9.88 Å². The molecule has 1 aromatic rings. The molecule has 5 heteroatoms. The average molecular weight is 312 g/mol. The third-order valence-electron chi connectivity index (χ3n) is 3.79. The number of carbonyl (C=O) groups excluding carboxylic acids is 1. The van der Waals surface area contributed by atoms with Gasteiger partial charge in [0.05, 0.1) is 0 Å². The molecule has 0 aliphatic carbocycles. The van der Waals surface area contributed by atoms with E-state index >= 15 is 0 Å². The van der Waals surface area contributed by atoms with Crippen LogP contribution in [0.25, 0.3) is 0 Å².